The zero-order valence-corrected chi connectivity index (χ0v) is 11.2. The van der Waals surface area contributed by atoms with E-state index < -0.39 is 0 Å². The van der Waals surface area contributed by atoms with Gasteiger partial charge in [0, 0.05) is 16.6 Å². The first-order valence-electron chi connectivity index (χ1n) is 6.44. The second-order valence-corrected chi connectivity index (χ2v) is 5.48. The molecule has 0 bridgehead atoms. The number of hydrogen-bond donors (Lipinski definition) is 1. The molecule has 0 saturated carbocycles. The van der Waals surface area contributed by atoms with Gasteiger partial charge in [0.25, 0.3) is 0 Å². The molecule has 19 heavy (non-hydrogen) atoms. The number of hydrogen-bond acceptors (Lipinski definition) is 1. The molecule has 0 fully saturated rings. The fourth-order valence-electron chi connectivity index (χ4n) is 2.86. The van der Waals surface area contributed by atoms with E-state index in [1.807, 2.05) is 12.1 Å². The van der Waals surface area contributed by atoms with E-state index in [0.29, 0.717) is 16.5 Å². The van der Waals surface area contributed by atoms with Crippen molar-refractivity contribution in [2.45, 2.75) is 24.8 Å². The molecule has 2 unspecified atom stereocenters. The van der Waals surface area contributed by atoms with Gasteiger partial charge in [0.15, 0.2) is 0 Å². The highest BCUT2D eigenvalue weighted by Gasteiger charge is 2.28. The molecule has 0 aromatic heterocycles. The van der Waals surface area contributed by atoms with Crippen LogP contribution in [0.4, 0.5) is 4.39 Å². The van der Waals surface area contributed by atoms with Crippen molar-refractivity contribution < 1.29 is 4.39 Å². The van der Waals surface area contributed by atoms with Crippen LogP contribution in [0.2, 0.25) is 5.02 Å². The Morgan fingerprint density at radius 1 is 1.21 bits per heavy atom. The maximum atomic E-state index is 13.8. The van der Waals surface area contributed by atoms with Gasteiger partial charge in [0.05, 0.1) is 0 Å². The van der Waals surface area contributed by atoms with Crippen LogP contribution in [0.25, 0.3) is 0 Å². The van der Waals surface area contributed by atoms with Crippen LogP contribution in [-0.2, 0) is 6.42 Å². The van der Waals surface area contributed by atoms with Crippen molar-refractivity contribution in [3.8, 4) is 0 Å². The van der Waals surface area contributed by atoms with Crippen LogP contribution in [0, 0.1) is 5.82 Å². The third-order valence-electron chi connectivity index (χ3n) is 3.87. The van der Waals surface area contributed by atoms with Crippen molar-refractivity contribution in [1.29, 1.82) is 0 Å². The highest BCUT2D eigenvalue weighted by Crippen LogP contribution is 2.41. The average molecular weight is 276 g/mol. The summed E-state index contributed by atoms with van der Waals surface area (Å²) in [5.41, 5.74) is 9.29. The molecule has 98 valence electrons. The molecule has 0 aliphatic heterocycles. The lowest BCUT2D eigenvalue weighted by molar-refractivity contribution is 0.481. The van der Waals surface area contributed by atoms with E-state index in [2.05, 4.69) is 12.1 Å². The average Bonchev–Trinajstić information content (AvgIpc) is 2.36. The minimum Gasteiger partial charge on any atom is -0.324 e. The van der Waals surface area contributed by atoms with Crippen molar-refractivity contribution in [3.63, 3.8) is 0 Å². The highest BCUT2D eigenvalue weighted by molar-refractivity contribution is 6.31. The van der Waals surface area contributed by atoms with Gasteiger partial charge in [-0.1, -0.05) is 41.9 Å². The summed E-state index contributed by atoms with van der Waals surface area (Å²) in [6.07, 6.45) is 1.76. The van der Waals surface area contributed by atoms with Crippen molar-refractivity contribution in [3.05, 3.63) is 70.0 Å². The van der Waals surface area contributed by atoms with Crippen molar-refractivity contribution >= 4 is 11.6 Å². The van der Waals surface area contributed by atoms with Crippen LogP contribution in [0.1, 0.15) is 35.1 Å². The highest BCUT2D eigenvalue weighted by atomic mass is 35.5. The summed E-state index contributed by atoms with van der Waals surface area (Å²) in [5.74, 6) is 0.106. The molecule has 1 nitrogen and oxygen atoms in total. The maximum absolute atomic E-state index is 13.8. The SMILES string of the molecule is NC(CC1Cc2ccccc21)c1c(F)cccc1Cl. The van der Waals surface area contributed by atoms with Crippen LogP contribution in [0.15, 0.2) is 42.5 Å². The molecule has 0 saturated heterocycles. The molecular weight excluding hydrogens is 261 g/mol. The molecule has 0 amide bonds. The standard InChI is InChI=1S/C16H15ClFN/c17-13-6-3-7-14(18)16(13)15(19)9-11-8-10-4-1-2-5-12(10)11/h1-7,11,15H,8-9,19H2. The van der Waals surface area contributed by atoms with Crippen LogP contribution in [0.3, 0.4) is 0 Å². The molecule has 2 N–H and O–H groups in total. The largest absolute Gasteiger partial charge is 0.324 e. The maximum Gasteiger partial charge on any atom is 0.129 e. The third kappa shape index (κ3) is 2.26. The minimum absolute atomic E-state index is 0.312. The van der Waals surface area contributed by atoms with Gasteiger partial charge in [-0.3, -0.25) is 0 Å². The molecule has 1 aliphatic rings. The second-order valence-electron chi connectivity index (χ2n) is 5.08. The lowest BCUT2D eigenvalue weighted by Gasteiger charge is -2.32. The molecule has 2 atom stereocenters. The quantitative estimate of drug-likeness (QED) is 0.892. The fraction of sp³-hybridized carbons (Fsp3) is 0.250. The number of halogens is 2. The van der Waals surface area contributed by atoms with Gasteiger partial charge in [-0.2, -0.15) is 0 Å². The van der Waals surface area contributed by atoms with E-state index in [1.165, 1.54) is 17.2 Å². The van der Waals surface area contributed by atoms with Gasteiger partial charge in [0.1, 0.15) is 5.82 Å². The van der Waals surface area contributed by atoms with Gasteiger partial charge in [-0.15, -0.1) is 0 Å². The lowest BCUT2D eigenvalue weighted by atomic mass is 9.74. The Labute approximate surface area is 117 Å². The monoisotopic (exact) mass is 275 g/mol. The van der Waals surface area contributed by atoms with E-state index in [9.17, 15) is 4.39 Å². The molecule has 2 aromatic carbocycles. The normalized spacial score (nSPS) is 18.6. The molecule has 0 radical (unpaired) electrons. The third-order valence-corrected chi connectivity index (χ3v) is 4.20. The molecule has 3 rings (SSSR count). The summed E-state index contributed by atoms with van der Waals surface area (Å²) in [6, 6.07) is 12.7. The Morgan fingerprint density at radius 2 is 2.00 bits per heavy atom. The van der Waals surface area contributed by atoms with E-state index >= 15 is 0 Å². The van der Waals surface area contributed by atoms with Gasteiger partial charge >= 0.3 is 0 Å². The van der Waals surface area contributed by atoms with Crippen LogP contribution < -0.4 is 5.73 Å². The molecule has 2 aromatic rings. The fourth-order valence-corrected chi connectivity index (χ4v) is 3.17. The summed E-state index contributed by atoms with van der Waals surface area (Å²) in [4.78, 5) is 0. The minimum atomic E-state index is -0.355. The van der Waals surface area contributed by atoms with E-state index in [0.717, 1.165) is 12.8 Å². The molecule has 0 spiro atoms. The van der Waals surface area contributed by atoms with Crippen molar-refractivity contribution in [2.24, 2.45) is 5.73 Å². The summed E-state index contributed by atoms with van der Waals surface area (Å²) >= 11 is 6.05. The topological polar surface area (TPSA) is 26.0 Å². The predicted octanol–water partition coefficient (Wildman–Crippen LogP) is 4.21. The van der Waals surface area contributed by atoms with Crippen molar-refractivity contribution in [2.75, 3.05) is 0 Å². The first kappa shape index (κ1) is 12.6. The summed E-state index contributed by atoms with van der Waals surface area (Å²) in [5, 5.41) is 0.417. The zero-order chi connectivity index (χ0) is 13.4. The number of nitrogens with two attached hydrogens (primary N) is 1. The summed E-state index contributed by atoms with van der Waals surface area (Å²) < 4.78 is 13.8. The first-order valence-corrected chi connectivity index (χ1v) is 6.82. The van der Waals surface area contributed by atoms with E-state index in [4.69, 9.17) is 17.3 Å². The smallest absolute Gasteiger partial charge is 0.129 e. The Morgan fingerprint density at radius 3 is 2.74 bits per heavy atom. The van der Waals surface area contributed by atoms with Crippen molar-refractivity contribution in [1.82, 2.24) is 0 Å². The Balaban J connectivity index is 1.79. The van der Waals surface area contributed by atoms with E-state index in [-0.39, 0.29) is 11.9 Å². The first-order chi connectivity index (χ1) is 9.16. The van der Waals surface area contributed by atoms with Crippen LogP contribution in [-0.4, -0.2) is 0 Å². The number of benzene rings is 2. The van der Waals surface area contributed by atoms with Gasteiger partial charge in [0.2, 0.25) is 0 Å². The number of fused-ring (bicyclic) bond motifs is 1. The number of rotatable bonds is 3. The van der Waals surface area contributed by atoms with Gasteiger partial charge < -0.3 is 5.73 Å². The summed E-state index contributed by atoms with van der Waals surface area (Å²) in [6.45, 7) is 0. The van der Waals surface area contributed by atoms with Gasteiger partial charge in [-0.25, -0.2) is 4.39 Å². The predicted molar refractivity (Wildman–Crippen MR) is 75.8 cm³/mol. The van der Waals surface area contributed by atoms with Crippen LogP contribution >= 0.6 is 11.6 Å². The van der Waals surface area contributed by atoms with E-state index in [1.54, 1.807) is 12.1 Å². The Kier molecular flexibility index (Phi) is 3.29. The molecule has 3 heteroatoms. The Bertz CT molecular complexity index is 591. The molecule has 1 aliphatic carbocycles. The molecule has 0 heterocycles. The zero-order valence-electron chi connectivity index (χ0n) is 10.4. The Hall–Kier alpha value is -1.38. The van der Waals surface area contributed by atoms with Gasteiger partial charge in [-0.05, 0) is 42.0 Å². The lowest BCUT2D eigenvalue weighted by Crippen LogP contribution is -2.23. The molecular formula is C16H15ClFN. The second kappa shape index (κ2) is 4.95. The van der Waals surface area contributed by atoms with Crippen LogP contribution in [0.5, 0.6) is 0 Å². The summed E-state index contributed by atoms with van der Waals surface area (Å²) in [7, 11) is 0.